The Kier molecular flexibility index (Phi) is 7.27. The molecule has 182 valence electrons. The molecule has 4 rings (SSSR count). The summed E-state index contributed by atoms with van der Waals surface area (Å²) in [7, 11) is -2.20. The van der Waals surface area contributed by atoms with Crippen molar-refractivity contribution in [2.24, 2.45) is 0 Å². The lowest BCUT2D eigenvalue weighted by Crippen LogP contribution is -2.43. The Morgan fingerprint density at radius 2 is 1.82 bits per heavy atom. The Labute approximate surface area is 197 Å². The number of anilines is 1. The highest BCUT2D eigenvalue weighted by molar-refractivity contribution is 7.89. The third-order valence-electron chi connectivity index (χ3n) is 5.93. The molecule has 2 saturated heterocycles. The van der Waals surface area contributed by atoms with Crippen LogP contribution in [0.3, 0.4) is 0 Å². The summed E-state index contributed by atoms with van der Waals surface area (Å²) < 4.78 is 51.5. The molecule has 2 aliphatic heterocycles. The predicted octanol–water partition coefficient (Wildman–Crippen LogP) is 1.76. The lowest BCUT2D eigenvalue weighted by molar-refractivity contribution is -0.119. The van der Waals surface area contributed by atoms with Gasteiger partial charge in [0, 0.05) is 44.0 Å². The van der Waals surface area contributed by atoms with E-state index in [1.54, 1.807) is 0 Å². The highest BCUT2D eigenvalue weighted by Crippen LogP contribution is 2.25. The number of benzene rings is 2. The lowest BCUT2D eigenvalue weighted by Gasteiger charge is -2.24. The molecule has 2 aromatic rings. The van der Waals surface area contributed by atoms with Crippen LogP contribution in [0.25, 0.3) is 0 Å². The molecular formula is C23H26FN3O6S. The van der Waals surface area contributed by atoms with Gasteiger partial charge in [0.15, 0.2) is 0 Å². The van der Waals surface area contributed by atoms with E-state index >= 15 is 0 Å². The summed E-state index contributed by atoms with van der Waals surface area (Å²) in [5.74, 6) is -1.28. The zero-order valence-electron chi connectivity index (χ0n) is 18.6. The number of halogens is 1. The average Bonchev–Trinajstić information content (AvgIpc) is 3.49. The number of nitrogens with one attached hydrogen (secondary N) is 2. The normalized spacial score (nSPS) is 22.6. The van der Waals surface area contributed by atoms with Crippen LogP contribution >= 0.6 is 0 Å². The summed E-state index contributed by atoms with van der Waals surface area (Å²) in [6.45, 7) is 1.08. The average molecular weight is 492 g/mol. The van der Waals surface area contributed by atoms with Crippen LogP contribution in [0.2, 0.25) is 0 Å². The van der Waals surface area contributed by atoms with E-state index in [1.807, 2.05) is 0 Å². The van der Waals surface area contributed by atoms with E-state index in [9.17, 15) is 22.4 Å². The highest BCUT2D eigenvalue weighted by Gasteiger charge is 2.40. The minimum Gasteiger partial charge on any atom is -0.380 e. The van der Waals surface area contributed by atoms with Gasteiger partial charge in [-0.15, -0.1) is 0 Å². The fourth-order valence-corrected chi connectivity index (χ4v) is 5.31. The molecule has 0 aromatic heterocycles. The summed E-state index contributed by atoms with van der Waals surface area (Å²) in [5, 5.41) is 2.74. The number of hydrogen-bond acceptors (Lipinski definition) is 6. The van der Waals surface area contributed by atoms with Crippen molar-refractivity contribution in [1.29, 1.82) is 0 Å². The van der Waals surface area contributed by atoms with Crippen molar-refractivity contribution in [1.82, 2.24) is 9.62 Å². The van der Waals surface area contributed by atoms with E-state index in [0.717, 1.165) is 0 Å². The number of hydrogen-bond donors (Lipinski definition) is 2. The number of sulfonamides is 1. The Balaban J connectivity index is 1.44. The summed E-state index contributed by atoms with van der Waals surface area (Å²) in [6.07, 6.45) is 0.595. The summed E-state index contributed by atoms with van der Waals surface area (Å²) >= 11 is 0. The highest BCUT2D eigenvalue weighted by atomic mass is 32.2. The number of likely N-dealkylation sites (tertiary alicyclic amines) is 1. The zero-order valence-corrected chi connectivity index (χ0v) is 19.4. The number of carbonyl (C=O) groups is 2. The fourth-order valence-electron chi connectivity index (χ4n) is 4.06. The van der Waals surface area contributed by atoms with Gasteiger partial charge in [0.2, 0.25) is 15.9 Å². The minimum absolute atomic E-state index is 0.0748. The van der Waals surface area contributed by atoms with Crippen molar-refractivity contribution < 1.29 is 31.9 Å². The van der Waals surface area contributed by atoms with Gasteiger partial charge in [0.1, 0.15) is 11.9 Å². The maximum atomic E-state index is 13.2. The first kappa shape index (κ1) is 24.3. The Morgan fingerprint density at radius 1 is 1.12 bits per heavy atom. The lowest BCUT2D eigenvalue weighted by atomic mass is 10.1. The second-order valence-electron chi connectivity index (χ2n) is 8.27. The van der Waals surface area contributed by atoms with Crippen LogP contribution in [0.5, 0.6) is 0 Å². The van der Waals surface area contributed by atoms with Crippen LogP contribution in [0.15, 0.2) is 53.4 Å². The molecule has 9 nitrogen and oxygen atoms in total. The van der Waals surface area contributed by atoms with Crippen LogP contribution in [0.4, 0.5) is 10.1 Å². The molecule has 2 amide bonds. The van der Waals surface area contributed by atoms with E-state index in [0.29, 0.717) is 31.7 Å². The number of methoxy groups -OCH3 is 1. The number of rotatable bonds is 7. The molecule has 2 aromatic carbocycles. The number of nitrogens with zero attached hydrogens (tertiary/aromatic N) is 1. The van der Waals surface area contributed by atoms with E-state index < -0.39 is 33.7 Å². The second kappa shape index (κ2) is 10.2. The molecule has 3 atom stereocenters. The number of ether oxygens (including phenoxy) is 2. The van der Waals surface area contributed by atoms with E-state index in [2.05, 4.69) is 10.0 Å². The van der Waals surface area contributed by atoms with Crippen LogP contribution in [-0.2, 0) is 24.3 Å². The standard InChI is InChI=1S/C23H26FN3O6S/c1-32-19-12-21(27(13-19)23(29)15-2-4-16(24)5-3-15)22(28)25-17-6-8-20(9-7-17)34(30,31)26-18-10-11-33-14-18/h2-9,18-19,21,26H,10-14H2,1H3,(H,25,28)/t18-,19-,21+/m1/s1. The summed E-state index contributed by atoms with van der Waals surface area (Å²) in [5.41, 5.74) is 0.661. The fraction of sp³-hybridized carbons (Fsp3) is 0.391. The van der Waals surface area contributed by atoms with Crippen molar-refractivity contribution in [2.75, 3.05) is 32.2 Å². The smallest absolute Gasteiger partial charge is 0.254 e. The van der Waals surface area contributed by atoms with Crippen molar-refractivity contribution >= 4 is 27.5 Å². The minimum atomic E-state index is -3.71. The monoisotopic (exact) mass is 491 g/mol. The second-order valence-corrected chi connectivity index (χ2v) is 9.98. The number of amides is 2. The van der Waals surface area contributed by atoms with Crippen molar-refractivity contribution in [3.8, 4) is 0 Å². The molecule has 34 heavy (non-hydrogen) atoms. The van der Waals surface area contributed by atoms with E-state index in [4.69, 9.17) is 9.47 Å². The van der Waals surface area contributed by atoms with Gasteiger partial charge in [-0.1, -0.05) is 0 Å². The van der Waals surface area contributed by atoms with E-state index in [1.165, 1.54) is 60.5 Å². The molecule has 0 aliphatic carbocycles. The van der Waals surface area contributed by atoms with Crippen LogP contribution in [-0.4, -0.2) is 70.2 Å². The van der Waals surface area contributed by atoms with Crippen LogP contribution in [0.1, 0.15) is 23.2 Å². The van der Waals surface area contributed by atoms with Gasteiger partial charge in [0.05, 0.1) is 17.6 Å². The van der Waals surface area contributed by atoms with Gasteiger partial charge in [-0.25, -0.2) is 17.5 Å². The molecule has 0 radical (unpaired) electrons. The summed E-state index contributed by atoms with van der Waals surface area (Å²) in [6, 6.07) is 9.87. The van der Waals surface area contributed by atoms with Gasteiger partial charge < -0.3 is 19.7 Å². The first-order chi connectivity index (χ1) is 16.3. The maximum absolute atomic E-state index is 13.2. The Morgan fingerprint density at radius 3 is 2.44 bits per heavy atom. The van der Waals surface area contributed by atoms with Gasteiger partial charge in [-0.2, -0.15) is 0 Å². The molecule has 11 heteroatoms. The summed E-state index contributed by atoms with van der Waals surface area (Å²) in [4.78, 5) is 27.5. The number of carbonyl (C=O) groups excluding carboxylic acids is 2. The Bertz CT molecular complexity index is 1130. The van der Waals surface area contributed by atoms with Crippen LogP contribution in [0, 0.1) is 5.82 Å². The van der Waals surface area contributed by atoms with Crippen molar-refractivity contribution in [2.45, 2.75) is 35.9 Å². The largest absolute Gasteiger partial charge is 0.380 e. The first-order valence-electron chi connectivity index (χ1n) is 10.9. The zero-order chi connectivity index (χ0) is 24.3. The SMILES string of the molecule is CO[C@@H]1C[C@@H](C(=O)Nc2ccc(S(=O)(=O)N[C@@H]3CCOC3)cc2)N(C(=O)c2ccc(F)cc2)C1. The molecule has 2 heterocycles. The molecule has 0 bridgehead atoms. The maximum Gasteiger partial charge on any atom is 0.254 e. The topological polar surface area (TPSA) is 114 Å². The van der Waals surface area contributed by atoms with Gasteiger partial charge in [-0.05, 0) is 55.0 Å². The third kappa shape index (κ3) is 5.44. The molecule has 0 unspecified atom stereocenters. The quantitative estimate of drug-likeness (QED) is 0.610. The first-order valence-corrected chi connectivity index (χ1v) is 12.4. The molecule has 2 fully saturated rings. The van der Waals surface area contributed by atoms with Crippen LogP contribution < -0.4 is 10.0 Å². The van der Waals surface area contributed by atoms with Crippen molar-refractivity contribution in [3.05, 3.63) is 59.9 Å². The molecular weight excluding hydrogens is 465 g/mol. The Hall–Kier alpha value is -2.86. The molecule has 0 saturated carbocycles. The van der Waals surface area contributed by atoms with Crippen molar-refractivity contribution in [3.63, 3.8) is 0 Å². The molecule has 2 aliphatic rings. The van der Waals surface area contributed by atoms with Gasteiger partial charge in [0.25, 0.3) is 5.91 Å². The van der Waals surface area contributed by atoms with E-state index in [-0.39, 0.29) is 29.1 Å². The molecule has 2 N–H and O–H groups in total. The predicted molar refractivity (Wildman–Crippen MR) is 121 cm³/mol. The third-order valence-corrected chi connectivity index (χ3v) is 7.47. The van der Waals surface area contributed by atoms with Gasteiger partial charge in [-0.3, -0.25) is 9.59 Å². The van der Waals surface area contributed by atoms with Gasteiger partial charge >= 0.3 is 0 Å². The molecule has 0 spiro atoms.